The first kappa shape index (κ1) is 21.3. The van der Waals surface area contributed by atoms with Gasteiger partial charge in [-0.15, -0.1) is 0 Å². The van der Waals surface area contributed by atoms with Crippen LogP contribution in [0.4, 0.5) is 15.8 Å². The summed E-state index contributed by atoms with van der Waals surface area (Å²) in [6.45, 7) is 7.93. The van der Waals surface area contributed by atoms with Crippen LogP contribution < -0.4 is 10.6 Å². The fourth-order valence-electron chi connectivity index (χ4n) is 2.56. The number of benzene rings is 2. The van der Waals surface area contributed by atoms with Gasteiger partial charge in [0.2, 0.25) is 10.0 Å². The smallest absolute Gasteiger partial charge is 0.243 e. The van der Waals surface area contributed by atoms with Crippen molar-refractivity contribution in [3.63, 3.8) is 0 Å². The van der Waals surface area contributed by atoms with Gasteiger partial charge in [0, 0.05) is 24.5 Å². The summed E-state index contributed by atoms with van der Waals surface area (Å²) in [5.74, 6) is -0.328. The van der Waals surface area contributed by atoms with Crippen LogP contribution >= 0.6 is 12.2 Å². The van der Waals surface area contributed by atoms with Gasteiger partial charge in [-0.05, 0) is 61.5 Å². The molecule has 0 unspecified atom stereocenters. The third-order valence-corrected chi connectivity index (χ3v) is 6.48. The molecule has 146 valence electrons. The van der Waals surface area contributed by atoms with Crippen LogP contribution in [0.5, 0.6) is 0 Å². The number of thiocarbonyl (C=S) groups is 1. The molecule has 2 aromatic carbocycles. The number of nitrogens with zero attached hydrogens (tertiary/aromatic N) is 1. The van der Waals surface area contributed by atoms with Crippen LogP contribution in [-0.4, -0.2) is 30.9 Å². The van der Waals surface area contributed by atoms with Gasteiger partial charge in [-0.25, -0.2) is 12.8 Å². The number of nitrogens with one attached hydrogen (secondary N) is 2. The maximum Gasteiger partial charge on any atom is 0.243 e. The van der Waals surface area contributed by atoms with E-state index >= 15 is 0 Å². The van der Waals surface area contributed by atoms with Crippen molar-refractivity contribution in [1.29, 1.82) is 0 Å². The van der Waals surface area contributed by atoms with Gasteiger partial charge in [0.25, 0.3) is 0 Å². The van der Waals surface area contributed by atoms with Crippen LogP contribution in [0, 0.1) is 19.7 Å². The largest absolute Gasteiger partial charge is 0.332 e. The Morgan fingerprint density at radius 2 is 1.67 bits per heavy atom. The molecule has 0 aliphatic rings. The van der Waals surface area contributed by atoms with Crippen LogP contribution in [-0.2, 0) is 10.0 Å². The standard InChI is InChI=1S/C19H24FN3O2S2/c1-5-23(6-2)27(24,25)16-10-8-14(4)18(12-16)22-19(26)21-15-9-7-13(3)17(20)11-15/h7-12H,5-6H2,1-4H3,(H2,21,22,26). The predicted molar refractivity (Wildman–Crippen MR) is 112 cm³/mol. The molecule has 0 aliphatic heterocycles. The summed E-state index contributed by atoms with van der Waals surface area (Å²) in [5.41, 5.74) is 2.48. The number of rotatable bonds is 6. The number of anilines is 2. The molecular weight excluding hydrogens is 385 g/mol. The maximum atomic E-state index is 13.7. The molecular formula is C19H24FN3O2S2. The van der Waals surface area contributed by atoms with E-state index in [-0.39, 0.29) is 15.8 Å². The molecule has 2 aromatic rings. The van der Waals surface area contributed by atoms with E-state index < -0.39 is 10.0 Å². The van der Waals surface area contributed by atoms with E-state index in [1.165, 1.54) is 10.4 Å². The normalized spacial score (nSPS) is 11.5. The fraction of sp³-hybridized carbons (Fsp3) is 0.316. The van der Waals surface area contributed by atoms with Crippen molar-refractivity contribution in [2.45, 2.75) is 32.6 Å². The zero-order chi connectivity index (χ0) is 20.2. The highest BCUT2D eigenvalue weighted by Gasteiger charge is 2.22. The molecule has 0 heterocycles. The first-order valence-electron chi connectivity index (χ1n) is 8.64. The molecule has 0 atom stereocenters. The fourth-order valence-corrected chi connectivity index (χ4v) is 4.28. The van der Waals surface area contributed by atoms with Crippen molar-refractivity contribution in [3.05, 3.63) is 53.3 Å². The Balaban J connectivity index is 2.23. The lowest BCUT2D eigenvalue weighted by Gasteiger charge is -2.20. The molecule has 0 fully saturated rings. The minimum Gasteiger partial charge on any atom is -0.332 e. The highest BCUT2D eigenvalue weighted by atomic mass is 32.2. The Morgan fingerprint density at radius 3 is 2.26 bits per heavy atom. The van der Waals surface area contributed by atoms with E-state index in [2.05, 4.69) is 10.6 Å². The monoisotopic (exact) mass is 409 g/mol. The minimum atomic E-state index is -3.57. The van der Waals surface area contributed by atoms with Crippen molar-refractivity contribution < 1.29 is 12.8 Å². The number of sulfonamides is 1. The van der Waals surface area contributed by atoms with Gasteiger partial charge in [0.05, 0.1) is 4.90 Å². The zero-order valence-electron chi connectivity index (χ0n) is 15.8. The summed E-state index contributed by atoms with van der Waals surface area (Å²) < 4.78 is 40.5. The number of hydrogen-bond acceptors (Lipinski definition) is 3. The Hall–Kier alpha value is -2.03. The molecule has 5 nitrogen and oxygen atoms in total. The van der Waals surface area contributed by atoms with E-state index in [0.29, 0.717) is 30.0 Å². The highest BCUT2D eigenvalue weighted by Crippen LogP contribution is 2.23. The van der Waals surface area contributed by atoms with Crippen molar-refractivity contribution in [3.8, 4) is 0 Å². The molecule has 0 spiro atoms. The van der Waals surface area contributed by atoms with Gasteiger partial charge in [-0.1, -0.05) is 26.0 Å². The molecule has 2 N–H and O–H groups in total. The van der Waals surface area contributed by atoms with E-state index in [1.807, 2.05) is 6.92 Å². The average Bonchev–Trinajstić information content (AvgIpc) is 2.60. The van der Waals surface area contributed by atoms with Crippen LogP contribution in [0.1, 0.15) is 25.0 Å². The number of halogens is 1. The van der Waals surface area contributed by atoms with Crippen LogP contribution in [0.15, 0.2) is 41.3 Å². The topological polar surface area (TPSA) is 61.4 Å². The second-order valence-corrected chi connectivity index (χ2v) is 8.46. The summed E-state index contributed by atoms with van der Waals surface area (Å²) in [6.07, 6.45) is 0. The summed E-state index contributed by atoms with van der Waals surface area (Å²) >= 11 is 5.28. The SMILES string of the molecule is CCN(CC)S(=O)(=O)c1ccc(C)c(NC(=S)Nc2ccc(C)c(F)c2)c1. The summed E-state index contributed by atoms with van der Waals surface area (Å²) in [7, 11) is -3.57. The van der Waals surface area contributed by atoms with E-state index in [1.54, 1.807) is 51.1 Å². The van der Waals surface area contributed by atoms with Gasteiger partial charge in [0.1, 0.15) is 5.82 Å². The van der Waals surface area contributed by atoms with Crippen molar-refractivity contribution in [2.75, 3.05) is 23.7 Å². The third-order valence-electron chi connectivity index (χ3n) is 4.23. The summed E-state index contributed by atoms with van der Waals surface area (Å²) in [6, 6.07) is 9.61. The van der Waals surface area contributed by atoms with Crippen LogP contribution in [0.3, 0.4) is 0 Å². The molecule has 0 amide bonds. The summed E-state index contributed by atoms with van der Waals surface area (Å²) in [4.78, 5) is 0.198. The Labute approximate surface area is 165 Å². The van der Waals surface area contributed by atoms with Gasteiger partial charge < -0.3 is 10.6 Å². The quantitative estimate of drug-likeness (QED) is 0.697. The molecule has 0 aliphatic carbocycles. The lowest BCUT2D eigenvalue weighted by molar-refractivity contribution is 0.445. The summed E-state index contributed by atoms with van der Waals surface area (Å²) in [5, 5.41) is 6.15. The van der Waals surface area contributed by atoms with Crippen LogP contribution in [0.25, 0.3) is 0 Å². The van der Waals surface area contributed by atoms with Gasteiger partial charge in [0.15, 0.2) is 5.11 Å². The van der Waals surface area contributed by atoms with E-state index in [9.17, 15) is 12.8 Å². The van der Waals surface area contributed by atoms with E-state index in [0.717, 1.165) is 5.56 Å². The van der Waals surface area contributed by atoms with Gasteiger partial charge in [-0.3, -0.25) is 0 Å². The molecule has 0 saturated heterocycles. The lowest BCUT2D eigenvalue weighted by Crippen LogP contribution is -2.30. The van der Waals surface area contributed by atoms with Crippen LogP contribution in [0.2, 0.25) is 0 Å². The average molecular weight is 410 g/mol. The Kier molecular flexibility index (Phi) is 6.91. The zero-order valence-corrected chi connectivity index (χ0v) is 17.5. The first-order valence-corrected chi connectivity index (χ1v) is 10.5. The lowest BCUT2D eigenvalue weighted by atomic mass is 10.2. The molecule has 0 bridgehead atoms. The van der Waals surface area contributed by atoms with Gasteiger partial charge in [-0.2, -0.15) is 4.31 Å². The molecule has 0 radical (unpaired) electrons. The predicted octanol–water partition coefficient (Wildman–Crippen LogP) is 4.28. The van der Waals surface area contributed by atoms with Crippen molar-refractivity contribution >= 4 is 38.7 Å². The second kappa shape index (κ2) is 8.77. The highest BCUT2D eigenvalue weighted by molar-refractivity contribution is 7.89. The Bertz CT molecular complexity index is 942. The molecule has 27 heavy (non-hydrogen) atoms. The number of aryl methyl sites for hydroxylation is 2. The van der Waals surface area contributed by atoms with Crippen molar-refractivity contribution in [2.24, 2.45) is 0 Å². The third kappa shape index (κ3) is 5.03. The van der Waals surface area contributed by atoms with E-state index in [4.69, 9.17) is 12.2 Å². The van der Waals surface area contributed by atoms with Crippen molar-refractivity contribution in [1.82, 2.24) is 4.31 Å². The second-order valence-electron chi connectivity index (χ2n) is 6.11. The number of hydrogen-bond donors (Lipinski definition) is 2. The minimum absolute atomic E-state index is 0.198. The molecule has 0 aromatic heterocycles. The van der Waals surface area contributed by atoms with Gasteiger partial charge >= 0.3 is 0 Å². The Morgan fingerprint density at radius 1 is 1.04 bits per heavy atom. The maximum absolute atomic E-state index is 13.7. The molecule has 2 rings (SSSR count). The first-order chi connectivity index (χ1) is 12.7. The molecule has 0 saturated carbocycles. The molecule has 8 heteroatoms.